The van der Waals surface area contributed by atoms with Crippen LogP contribution in [-0.4, -0.2) is 43.8 Å². The molecule has 0 aliphatic carbocycles. The molecule has 25 heavy (non-hydrogen) atoms. The molecule has 2 aromatic heterocycles. The number of nitrogens with zero attached hydrogens (tertiary/aromatic N) is 5. The SMILES string of the molecule is Cc1cc(C)n(-c2nncn2NC(=O)c2ccc(OCCF)cc2)n1. The van der Waals surface area contributed by atoms with Crippen molar-refractivity contribution in [1.29, 1.82) is 0 Å². The molecule has 1 amide bonds. The summed E-state index contributed by atoms with van der Waals surface area (Å²) in [6.45, 7) is 3.18. The number of nitrogens with one attached hydrogen (secondary N) is 1. The second-order valence-corrected chi connectivity index (χ2v) is 5.34. The highest BCUT2D eigenvalue weighted by molar-refractivity contribution is 6.00. The number of amides is 1. The van der Waals surface area contributed by atoms with Gasteiger partial charge in [-0.3, -0.25) is 10.2 Å². The largest absolute Gasteiger partial charge is 0.491 e. The molecule has 3 aromatic rings. The molecule has 9 heteroatoms. The van der Waals surface area contributed by atoms with Crippen LogP contribution in [0, 0.1) is 13.8 Å². The number of halogens is 1. The van der Waals surface area contributed by atoms with Gasteiger partial charge >= 0.3 is 0 Å². The van der Waals surface area contributed by atoms with E-state index in [9.17, 15) is 9.18 Å². The standard InChI is InChI=1S/C16H17FN6O2/c1-11-9-12(2)23(20-11)16-19-18-10-22(16)21-15(24)13-3-5-14(6-4-13)25-8-7-17/h3-6,9-10H,7-8H2,1-2H3,(H,21,24). The van der Waals surface area contributed by atoms with E-state index in [1.807, 2.05) is 19.9 Å². The van der Waals surface area contributed by atoms with Crippen LogP contribution in [-0.2, 0) is 0 Å². The van der Waals surface area contributed by atoms with Gasteiger partial charge in [-0.05, 0) is 44.2 Å². The van der Waals surface area contributed by atoms with Crippen molar-refractivity contribution < 1.29 is 13.9 Å². The molecule has 0 atom stereocenters. The van der Waals surface area contributed by atoms with Crippen molar-refractivity contribution in [2.75, 3.05) is 18.7 Å². The molecule has 8 nitrogen and oxygen atoms in total. The Hall–Kier alpha value is -3.23. The monoisotopic (exact) mass is 344 g/mol. The van der Waals surface area contributed by atoms with E-state index in [1.165, 1.54) is 11.0 Å². The molecule has 1 N–H and O–H groups in total. The third-order valence-electron chi connectivity index (χ3n) is 3.41. The first-order valence-electron chi connectivity index (χ1n) is 7.62. The second-order valence-electron chi connectivity index (χ2n) is 5.34. The van der Waals surface area contributed by atoms with Gasteiger partial charge in [-0.15, -0.1) is 10.2 Å². The van der Waals surface area contributed by atoms with E-state index in [2.05, 4.69) is 20.7 Å². The lowest BCUT2D eigenvalue weighted by atomic mass is 10.2. The third-order valence-corrected chi connectivity index (χ3v) is 3.41. The molecule has 0 aliphatic rings. The molecule has 130 valence electrons. The molecule has 3 rings (SSSR count). The average Bonchev–Trinajstić information content (AvgIpc) is 3.18. The molecule has 0 fully saturated rings. The fourth-order valence-corrected chi connectivity index (χ4v) is 2.32. The molecule has 0 radical (unpaired) electrons. The summed E-state index contributed by atoms with van der Waals surface area (Å²) in [5, 5.41) is 12.2. The van der Waals surface area contributed by atoms with Crippen LogP contribution < -0.4 is 10.2 Å². The van der Waals surface area contributed by atoms with Gasteiger partial charge in [-0.2, -0.15) is 5.10 Å². The van der Waals surface area contributed by atoms with Gasteiger partial charge in [0, 0.05) is 11.3 Å². The van der Waals surface area contributed by atoms with Gasteiger partial charge in [0.15, 0.2) is 0 Å². The predicted octanol–water partition coefficient (Wildman–Crippen LogP) is 1.81. The van der Waals surface area contributed by atoms with E-state index in [4.69, 9.17) is 4.74 Å². The quantitative estimate of drug-likeness (QED) is 0.737. The normalized spacial score (nSPS) is 10.7. The van der Waals surface area contributed by atoms with Gasteiger partial charge in [-0.25, -0.2) is 13.7 Å². The summed E-state index contributed by atoms with van der Waals surface area (Å²) >= 11 is 0. The van der Waals surface area contributed by atoms with Crippen LogP contribution in [0.15, 0.2) is 36.7 Å². The third kappa shape index (κ3) is 3.65. The first-order chi connectivity index (χ1) is 12.1. The van der Waals surface area contributed by atoms with E-state index in [0.717, 1.165) is 11.4 Å². The lowest BCUT2D eigenvalue weighted by Crippen LogP contribution is -2.25. The molecular weight excluding hydrogens is 327 g/mol. The van der Waals surface area contributed by atoms with Gasteiger partial charge in [0.25, 0.3) is 11.9 Å². The summed E-state index contributed by atoms with van der Waals surface area (Å²) in [6.07, 6.45) is 1.39. The van der Waals surface area contributed by atoms with Crippen LogP contribution in [0.25, 0.3) is 5.95 Å². The van der Waals surface area contributed by atoms with Crippen LogP contribution in [0.4, 0.5) is 4.39 Å². The van der Waals surface area contributed by atoms with E-state index in [0.29, 0.717) is 17.3 Å². The number of carbonyl (C=O) groups is 1. The minimum Gasteiger partial charge on any atom is -0.491 e. The van der Waals surface area contributed by atoms with Gasteiger partial charge < -0.3 is 4.74 Å². The summed E-state index contributed by atoms with van der Waals surface area (Å²) in [4.78, 5) is 12.4. The van der Waals surface area contributed by atoms with Crippen molar-refractivity contribution in [3.05, 3.63) is 53.6 Å². The summed E-state index contributed by atoms with van der Waals surface area (Å²) in [5.74, 6) is 0.531. The summed E-state index contributed by atoms with van der Waals surface area (Å²) in [5.41, 5.74) is 4.82. The van der Waals surface area contributed by atoms with Crippen molar-refractivity contribution in [3.8, 4) is 11.7 Å². The number of rotatable bonds is 6. The number of carbonyl (C=O) groups excluding carboxylic acids is 1. The highest BCUT2D eigenvalue weighted by Crippen LogP contribution is 2.13. The summed E-state index contributed by atoms with van der Waals surface area (Å²) < 4.78 is 20.2. The first kappa shape index (κ1) is 16.6. The van der Waals surface area contributed by atoms with Crippen molar-refractivity contribution in [1.82, 2.24) is 24.7 Å². The highest BCUT2D eigenvalue weighted by Gasteiger charge is 2.14. The summed E-state index contributed by atoms with van der Waals surface area (Å²) in [7, 11) is 0. The number of benzene rings is 1. The minimum absolute atomic E-state index is 0.0156. The predicted molar refractivity (Wildman–Crippen MR) is 88.2 cm³/mol. The Kier molecular flexibility index (Phi) is 4.73. The van der Waals surface area contributed by atoms with Crippen LogP contribution in [0.5, 0.6) is 5.75 Å². The Labute approximate surface area is 143 Å². The Morgan fingerprint density at radius 2 is 2.04 bits per heavy atom. The number of hydrogen-bond donors (Lipinski definition) is 1. The van der Waals surface area contributed by atoms with E-state index in [1.54, 1.807) is 28.9 Å². The Morgan fingerprint density at radius 3 is 2.68 bits per heavy atom. The number of alkyl halides is 1. The van der Waals surface area contributed by atoms with Crippen molar-refractivity contribution in [2.45, 2.75) is 13.8 Å². The molecule has 0 saturated carbocycles. The average molecular weight is 344 g/mol. The van der Waals surface area contributed by atoms with Crippen molar-refractivity contribution in [3.63, 3.8) is 0 Å². The molecule has 0 bridgehead atoms. The highest BCUT2D eigenvalue weighted by atomic mass is 19.1. The maximum atomic E-state index is 12.4. The van der Waals surface area contributed by atoms with E-state index in [-0.39, 0.29) is 12.5 Å². The van der Waals surface area contributed by atoms with Gasteiger partial charge in [-0.1, -0.05) is 0 Å². The number of hydrogen-bond acceptors (Lipinski definition) is 5. The lowest BCUT2D eigenvalue weighted by molar-refractivity contribution is 0.101. The molecule has 1 aromatic carbocycles. The Morgan fingerprint density at radius 1 is 1.28 bits per heavy atom. The number of aromatic nitrogens is 5. The lowest BCUT2D eigenvalue weighted by Gasteiger charge is -2.10. The molecule has 0 spiro atoms. The molecule has 0 saturated heterocycles. The molecule has 0 unspecified atom stereocenters. The van der Waals surface area contributed by atoms with E-state index < -0.39 is 6.67 Å². The van der Waals surface area contributed by atoms with Gasteiger partial charge in [0.1, 0.15) is 25.4 Å². The fraction of sp³-hybridized carbons (Fsp3) is 0.250. The van der Waals surface area contributed by atoms with E-state index >= 15 is 0 Å². The Bertz CT molecular complexity index is 871. The second kappa shape index (κ2) is 7.12. The zero-order chi connectivity index (χ0) is 17.8. The number of aryl methyl sites for hydroxylation is 2. The molecule has 2 heterocycles. The van der Waals surface area contributed by atoms with Crippen LogP contribution in [0.3, 0.4) is 0 Å². The zero-order valence-corrected chi connectivity index (χ0v) is 13.8. The summed E-state index contributed by atoms with van der Waals surface area (Å²) in [6, 6.07) is 8.31. The van der Waals surface area contributed by atoms with Crippen LogP contribution in [0.2, 0.25) is 0 Å². The van der Waals surface area contributed by atoms with Crippen molar-refractivity contribution in [2.24, 2.45) is 0 Å². The van der Waals surface area contributed by atoms with Crippen LogP contribution in [0.1, 0.15) is 21.7 Å². The fourth-order valence-electron chi connectivity index (χ4n) is 2.32. The molecule has 0 aliphatic heterocycles. The first-order valence-corrected chi connectivity index (χ1v) is 7.62. The zero-order valence-electron chi connectivity index (χ0n) is 13.8. The molecular formula is C16H17FN6O2. The maximum absolute atomic E-state index is 12.4. The maximum Gasteiger partial charge on any atom is 0.271 e. The van der Waals surface area contributed by atoms with Crippen LogP contribution >= 0.6 is 0 Å². The minimum atomic E-state index is -0.565. The van der Waals surface area contributed by atoms with Gasteiger partial charge in [0.05, 0.1) is 5.69 Å². The Balaban J connectivity index is 1.76. The van der Waals surface area contributed by atoms with Crippen molar-refractivity contribution >= 4 is 5.91 Å². The van der Waals surface area contributed by atoms with Gasteiger partial charge in [0.2, 0.25) is 0 Å². The smallest absolute Gasteiger partial charge is 0.271 e. The number of ether oxygens (including phenoxy) is 1. The topological polar surface area (TPSA) is 86.9 Å².